The molecule has 0 aliphatic carbocycles. The molecule has 5 nitrogen and oxygen atoms in total. The van der Waals surface area contributed by atoms with Crippen molar-refractivity contribution in [3.8, 4) is 5.75 Å². The number of hydrogen-bond donors (Lipinski definition) is 3. The molecule has 0 aromatic heterocycles. The van der Waals surface area contributed by atoms with Crippen molar-refractivity contribution < 1.29 is 14.6 Å². The van der Waals surface area contributed by atoms with Gasteiger partial charge in [0.15, 0.2) is 0 Å². The lowest BCUT2D eigenvalue weighted by molar-refractivity contribution is 0.0952. The van der Waals surface area contributed by atoms with E-state index in [1.54, 1.807) is 18.2 Å². The molecular weight excluding hydrogens is 220 g/mol. The largest absolute Gasteiger partial charge is 0.495 e. The van der Waals surface area contributed by atoms with Gasteiger partial charge in [-0.05, 0) is 25.0 Å². The Morgan fingerprint density at radius 2 is 2.24 bits per heavy atom. The molecule has 0 saturated heterocycles. The Hall–Kier alpha value is -1.75. The molecule has 0 heterocycles. The number of nitrogens with two attached hydrogens (primary N) is 1. The number of hydrogen-bond acceptors (Lipinski definition) is 4. The number of nitrogen functional groups attached to an aromatic ring is 1. The lowest BCUT2D eigenvalue weighted by Gasteiger charge is -2.10. The molecule has 0 saturated carbocycles. The van der Waals surface area contributed by atoms with Gasteiger partial charge in [-0.15, -0.1) is 0 Å². The molecular formula is C12H18N2O3. The van der Waals surface area contributed by atoms with Gasteiger partial charge in [0, 0.05) is 13.2 Å². The van der Waals surface area contributed by atoms with E-state index < -0.39 is 0 Å². The standard InChI is InChI=1S/C12H18N2O3/c1-17-10-6-4-5-9(11(10)13)12(16)14-7-2-3-8-15/h4-6,15H,2-3,7-8,13H2,1H3,(H,14,16). The summed E-state index contributed by atoms with van der Waals surface area (Å²) in [5.74, 6) is 0.271. The molecule has 1 aromatic rings. The second kappa shape index (κ2) is 6.75. The number of anilines is 1. The van der Waals surface area contributed by atoms with Crippen molar-refractivity contribution in [2.45, 2.75) is 12.8 Å². The fourth-order valence-corrected chi connectivity index (χ4v) is 1.45. The van der Waals surface area contributed by atoms with Crippen LogP contribution in [-0.2, 0) is 0 Å². The van der Waals surface area contributed by atoms with Crippen LogP contribution in [0.2, 0.25) is 0 Å². The van der Waals surface area contributed by atoms with Gasteiger partial charge in [0.1, 0.15) is 5.75 Å². The normalized spacial score (nSPS) is 10.0. The van der Waals surface area contributed by atoms with E-state index in [1.807, 2.05) is 0 Å². The van der Waals surface area contributed by atoms with Crippen LogP contribution in [0.4, 0.5) is 5.69 Å². The number of aliphatic hydroxyl groups excluding tert-OH is 1. The number of para-hydroxylation sites is 1. The maximum Gasteiger partial charge on any atom is 0.253 e. The smallest absolute Gasteiger partial charge is 0.253 e. The zero-order chi connectivity index (χ0) is 12.7. The van der Waals surface area contributed by atoms with Gasteiger partial charge in [0.05, 0.1) is 18.4 Å². The average Bonchev–Trinajstić information content (AvgIpc) is 2.34. The number of aliphatic hydroxyl groups is 1. The SMILES string of the molecule is COc1cccc(C(=O)NCCCCO)c1N. The maximum absolute atomic E-state index is 11.8. The van der Waals surface area contributed by atoms with Crippen molar-refractivity contribution in [1.29, 1.82) is 0 Å². The van der Waals surface area contributed by atoms with Gasteiger partial charge in [-0.25, -0.2) is 0 Å². The van der Waals surface area contributed by atoms with Gasteiger partial charge in [0.2, 0.25) is 0 Å². The van der Waals surface area contributed by atoms with Gasteiger partial charge in [-0.1, -0.05) is 6.07 Å². The van der Waals surface area contributed by atoms with Crippen LogP contribution >= 0.6 is 0 Å². The summed E-state index contributed by atoms with van der Waals surface area (Å²) in [6, 6.07) is 5.08. The van der Waals surface area contributed by atoms with Crippen molar-refractivity contribution >= 4 is 11.6 Å². The van der Waals surface area contributed by atoms with Crippen molar-refractivity contribution in [1.82, 2.24) is 5.32 Å². The van der Waals surface area contributed by atoms with E-state index in [0.29, 0.717) is 30.0 Å². The molecule has 1 amide bonds. The number of nitrogens with one attached hydrogen (secondary N) is 1. The van der Waals surface area contributed by atoms with Gasteiger partial charge < -0.3 is 20.9 Å². The zero-order valence-electron chi connectivity index (χ0n) is 9.90. The van der Waals surface area contributed by atoms with Crippen molar-refractivity contribution in [2.75, 3.05) is 26.0 Å². The molecule has 0 radical (unpaired) electrons. The zero-order valence-corrected chi connectivity index (χ0v) is 9.90. The van der Waals surface area contributed by atoms with E-state index in [-0.39, 0.29) is 12.5 Å². The molecule has 0 fully saturated rings. The minimum Gasteiger partial charge on any atom is -0.495 e. The number of amides is 1. The van der Waals surface area contributed by atoms with Crippen LogP contribution in [0.3, 0.4) is 0 Å². The molecule has 0 atom stereocenters. The highest BCUT2D eigenvalue weighted by molar-refractivity contribution is 6.00. The topological polar surface area (TPSA) is 84.6 Å². The van der Waals surface area contributed by atoms with E-state index in [9.17, 15) is 4.79 Å². The summed E-state index contributed by atoms with van der Waals surface area (Å²) in [4.78, 5) is 11.8. The van der Waals surface area contributed by atoms with Crippen LogP contribution in [0.5, 0.6) is 5.75 Å². The number of carbonyl (C=O) groups is 1. The molecule has 94 valence electrons. The fraction of sp³-hybridized carbons (Fsp3) is 0.417. The van der Waals surface area contributed by atoms with E-state index in [2.05, 4.69) is 5.32 Å². The number of benzene rings is 1. The lowest BCUT2D eigenvalue weighted by Crippen LogP contribution is -2.25. The third-order valence-corrected chi connectivity index (χ3v) is 2.40. The van der Waals surface area contributed by atoms with E-state index in [0.717, 1.165) is 6.42 Å². The molecule has 0 aliphatic heterocycles. The average molecular weight is 238 g/mol. The third kappa shape index (κ3) is 3.64. The van der Waals surface area contributed by atoms with Crippen molar-refractivity contribution in [3.05, 3.63) is 23.8 Å². The first kappa shape index (κ1) is 13.3. The molecule has 4 N–H and O–H groups in total. The summed E-state index contributed by atoms with van der Waals surface area (Å²) in [7, 11) is 1.51. The Kier molecular flexibility index (Phi) is 5.29. The van der Waals surface area contributed by atoms with Crippen LogP contribution < -0.4 is 15.8 Å². The Morgan fingerprint density at radius 1 is 1.47 bits per heavy atom. The van der Waals surface area contributed by atoms with Crippen LogP contribution in [-0.4, -0.2) is 31.3 Å². The number of unbranched alkanes of at least 4 members (excludes halogenated alkanes) is 1. The highest BCUT2D eigenvalue weighted by atomic mass is 16.5. The molecule has 0 spiro atoms. The number of methoxy groups -OCH3 is 1. The Morgan fingerprint density at radius 3 is 2.88 bits per heavy atom. The second-order valence-electron chi connectivity index (χ2n) is 3.61. The first-order valence-corrected chi connectivity index (χ1v) is 5.52. The van der Waals surface area contributed by atoms with Gasteiger partial charge in [0.25, 0.3) is 5.91 Å². The third-order valence-electron chi connectivity index (χ3n) is 2.40. The fourth-order valence-electron chi connectivity index (χ4n) is 1.45. The summed E-state index contributed by atoms with van der Waals surface area (Å²) in [6.45, 7) is 0.660. The molecule has 0 bridgehead atoms. The minimum absolute atomic E-state index is 0.136. The molecule has 17 heavy (non-hydrogen) atoms. The quantitative estimate of drug-likeness (QED) is 0.505. The first-order chi connectivity index (χ1) is 8.20. The van der Waals surface area contributed by atoms with Gasteiger partial charge in [-0.2, -0.15) is 0 Å². The minimum atomic E-state index is -0.223. The highest BCUT2D eigenvalue weighted by Crippen LogP contribution is 2.24. The first-order valence-electron chi connectivity index (χ1n) is 5.52. The highest BCUT2D eigenvalue weighted by Gasteiger charge is 2.11. The molecule has 0 unspecified atom stereocenters. The van der Waals surface area contributed by atoms with Crippen LogP contribution in [0.25, 0.3) is 0 Å². The second-order valence-corrected chi connectivity index (χ2v) is 3.61. The number of rotatable bonds is 6. The predicted octanol–water partition coefficient (Wildman–Crippen LogP) is 0.780. The Balaban J connectivity index is 2.62. The number of carbonyl (C=O) groups excluding carboxylic acids is 1. The molecule has 1 rings (SSSR count). The Labute approximate surface area is 101 Å². The summed E-state index contributed by atoms with van der Waals surface area (Å²) < 4.78 is 5.04. The summed E-state index contributed by atoms with van der Waals surface area (Å²) in [5, 5.41) is 11.4. The van der Waals surface area contributed by atoms with Crippen molar-refractivity contribution in [3.63, 3.8) is 0 Å². The Bertz CT molecular complexity index is 380. The summed E-state index contributed by atoms with van der Waals surface area (Å²) in [6.07, 6.45) is 1.42. The van der Waals surface area contributed by atoms with Gasteiger partial charge >= 0.3 is 0 Å². The predicted molar refractivity (Wildman–Crippen MR) is 66.1 cm³/mol. The maximum atomic E-state index is 11.8. The molecule has 5 heteroatoms. The monoisotopic (exact) mass is 238 g/mol. The molecule has 0 aliphatic rings. The van der Waals surface area contributed by atoms with E-state index in [1.165, 1.54) is 7.11 Å². The summed E-state index contributed by atoms with van der Waals surface area (Å²) >= 11 is 0. The van der Waals surface area contributed by atoms with Gasteiger partial charge in [-0.3, -0.25) is 4.79 Å². The van der Waals surface area contributed by atoms with Crippen LogP contribution in [0.1, 0.15) is 23.2 Å². The van der Waals surface area contributed by atoms with Crippen LogP contribution in [0, 0.1) is 0 Å². The van der Waals surface area contributed by atoms with Crippen LogP contribution in [0.15, 0.2) is 18.2 Å². The number of ether oxygens (including phenoxy) is 1. The van der Waals surface area contributed by atoms with E-state index >= 15 is 0 Å². The van der Waals surface area contributed by atoms with Crippen molar-refractivity contribution in [2.24, 2.45) is 0 Å². The summed E-state index contributed by atoms with van der Waals surface area (Å²) in [5.41, 5.74) is 6.55. The molecule has 1 aromatic carbocycles. The lowest BCUT2D eigenvalue weighted by atomic mass is 10.1. The van der Waals surface area contributed by atoms with E-state index in [4.69, 9.17) is 15.6 Å².